The Balaban J connectivity index is 2.28. The Morgan fingerprint density at radius 2 is 2.28 bits per heavy atom. The SMILES string of the molecule is CCC(N)(COC)Cc1cc(Br)cc2c1OCC2. The van der Waals surface area contributed by atoms with Gasteiger partial charge in [0.1, 0.15) is 5.75 Å². The molecule has 3 nitrogen and oxygen atoms in total. The summed E-state index contributed by atoms with van der Waals surface area (Å²) in [6.45, 7) is 3.43. The molecule has 1 atom stereocenters. The molecule has 0 bridgehead atoms. The number of hydrogen-bond donors (Lipinski definition) is 1. The van der Waals surface area contributed by atoms with Gasteiger partial charge >= 0.3 is 0 Å². The lowest BCUT2D eigenvalue weighted by Gasteiger charge is -2.28. The first kappa shape index (κ1) is 13.8. The lowest BCUT2D eigenvalue weighted by molar-refractivity contribution is 0.129. The first-order valence-electron chi connectivity index (χ1n) is 6.30. The van der Waals surface area contributed by atoms with Crippen molar-refractivity contribution in [2.24, 2.45) is 5.73 Å². The fraction of sp³-hybridized carbons (Fsp3) is 0.571. The molecule has 100 valence electrons. The summed E-state index contributed by atoms with van der Waals surface area (Å²) in [6, 6.07) is 4.24. The highest BCUT2D eigenvalue weighted by Gasteiger charge is 2.27. The maximum atomic E-state index is 6.39. The quantitative estimate of drug-likeness (QED) is 0.909. The maximum absolute atomic E-state index is 6.39. The summed E-state index contributed by atoms with van der Waals surface area (Å²) in [6.07, 6.45) is 2.64. The zero-order valence-electron chi connectivity index (χ0n) is 11.0. The van der Waals surface area contributed by atoms with Gasteiger partial charge in [0, 0.05) is 23.5 Å². The number of nitrogens with two attached hydrogens (primary N) is 1. The molecule has 0 spiro atoms. The molecule has 0 saturated heterocycles. The molecular formula is C14H20BrNO2. The van der Waals surface area contributed by atoms with Crippen molar-refractivity contribution in [1.82, 2.24) is 0 Å². The van der Waals surface area contributed by atoms with Crippen LogP contribution in [0.5, 0.6) is 5.75 Å². The summed E-state index contributed by atoms with van der Waals surface area (Å²) < 4.78 is 12.1. The van der Waals surface area contributed by atoms with Gasteiger partial charge in [0.05, 0.1) is 13.2 Å². The predicted octanol–water partition coefficient (Wildman–Crippen LogP) is 2.68. The molecule has 0 saturated carbocycles. The van der Waals surface area contributed by atoms with Crippen LogP contribution in [0.25, 0.3) is 0 Å². The van der Waals surface area contributed by atoms with Crippen LogP contribution in [0.15, 0.2) is 16.6 Å². The molecule has 1 unspecified atom stereocenters. The van der Waals surface area contributed by atoms with Crippen molar-refractivity contribution in [3.63, 3.8) is 0 Å². The van der Waals surface area contributed by atoms with E-state index in [1.54, 1.807) is 7.11 Å². The minimum atomic E-state index is -0.324. The van der Waals surface area contributed by atoms with Gasteiger partial charge in [-0.05, 0) is 36.1 Å². The molecule has 0 aliphatic carbocycles. The van der Waals surface area contributed by atoms with E-state index in [2.05, 4.69) is 35.0 Å². The largest absolute Gasteiger partial charge is 0.493 e. The third-order valence-corrected chi connectivity index (χ3v) is 3.96. The lowest BCUT2D eigenvalue weighted by Crippen LogP contribution is -2.45. The van der Waals surface area contributed by atoms with Crippen molar-refractivity contribution in [2.45, 2.75) is 31.7 Å². The molecule has 0 fully saturated rings. The van der Waals surface area contributed by atoms with Crippen molar-refractivity contribution in [2.75, 3.05) is 20.3 Å². The van der Waals surface area contributed by atoms with E-state index in [1.807, 2.05) is 0 Å². The van der Waals surface area contributed by atoms with Gasteiger partial charge in [-0.3, -0.25) is 0 Å². The van der Waals surface area contributed by atoms with E-state index in [0.717, 1.165) is 36.1 Å². The molecule has 0 aromatic heterocycles. The summed E-state index contributed by atoms with van der Waals surface area (Å²) in [7, 11) is 1.69. The summed E-state index contributed by atoms with van der Waals surface area (Å²) in [5, 5.41) is 0. The van der Waals surface area contributed by atoms with E-state index in [-0.39, 0.29) is 5.54 Å². The second-order valence-corrected chi connectivity index (χ2v) is 5.89. The first-order chi connectivity index (χ1) is 8.58. The second kappa shape index (κ2) is 5.59. The number of methoxy groups -OCH3 is 1. The van der Waals surface area contributed by atoms with Gasteiger partial charge in [-0.1, -0.05) is 22.9 Å². The van der Waals surface area contributed by atoms with Gasteiger partial charge in [-0.15, -0.1) is 0 Å². The van der Waals surface area contributed by atoms with Gasteiger partial charge in [-0.25, -0.2) is 0 Å². The zero-order chi connectivity index (χ0) is 13.2. The van der Waals surface area contributed by atoms with E-state index >= 15 is 0 Å². The molecular weight excluding hydrogens is 294 g/mol. The molecule has 1 aromatic rings. The van der Waals surface area contributed by atoms with Crippen molar-refractivity contribution >= 4 is 15.9 Å². The van der Waals surface area contributed by atoms with Crippen molar-refractivity contribution < 1.29 is 9.47 Å². The molecule has 1 aromatic carbocycles. The maximum Gasteiger partial charge on any atom is 0.125 e. The van der Waals surface area contributed by atoms with Gasteiger partial charge in [-0.2, -0.15) is 0 Å². The summed E-state index contributed by atoms with van der Waals surface area (Å²) >= 11 is 3.56. The highest BCUT2D eigenvalue weighted by molar-refractivity contribution is 9.10. The van der Waals surface area contributed by atoms with Crippen LogP contribution in [0.1, 0.15) is 24.5 Å². The van der Waals surface area contributed by atoms with E-state index in [1.165, 1.54) is 11.1 Å². The zero-order valence-corrected chi connectivity index (χ0v) is 12.5. The second-order valence-electron chi connectivity index (χ2n) is 4.98. The summed E-state index contributed by atoms with van der Waals surface area (Å²) in [5.41, 5.74) is 8.52. The summed E-state index contributed by atoms with van der Waals surface area (Å²) in [4.78, 5) is 0. The van der Waals surface area contributed by atoms with Crippen LogP contribution < -0.4 is 10.5 Å². The smallest absolute Gasteiger partial charge is 0.125 e. The monoisotopic (exact) mass is 313 g/mol. The molecule has 1 heterocycles. The molecule has 4 heteroatoms. The molecule has 1 aliphatic rings. The number of fused-ring (bicyclic) bond motifs is 1. The molecule has 0 radical (unpaired) electrons. The van der Waals surface area contributed by atoms with Gasteiger partial charge < -0.3 is 15.2 Å². The van der Waals surface area contributed by atoms with Crippen LogP contribution >= 0.6 is 15.9 Å². The number of halogens is 1. The molecule has 0 amide bonds. The van der Waals surface area contributed by atoms with Crippen LogP contribution in [-0.2, 0) is 17.6 Å². The third-order valence-electron chi connectivity index (χ3n) is 3.50. The third kappa shape index (κ3) is 2.87. The number of ether oxygens (including phenoxy) is 2. The van der Waals surface area contributed by atoms with Crippen molar-refractivity contribution in [3.8, 4) is 5.75 Å². The average Bonchev–Trinajstić information content (AvgIpc) is 2.77. The Hall–Kier alpha value is -0.580. The fourth-order valence-corrected chi connectivity index (χ4v) is 2.97. The topological polar surface area (TPSA) is 44.5 Å². The van der Waals surface area contributed by atoms with Crippen LogP contribution in [0, 0.1) is 0 Å². The molecule has 2 rings (SSSR count). The standard InChI is InChI=1S/C14H20BrNO2/c1-3-14(16,9-17-2)8-11-7-12(15)6-10-4-5-18-13(10)11/h6-7H,3-5,8-9,16H2,1-2H3. The van der Waals surface area contributed by atoms with Crippen molar-refractivity contribution in [3.05, 3.63) is 27.7 Å². The normalized spacial score (nSPS) is 17.1. The Labute approximate surface area is 117 Å². The van der Waals surface area contributed by atoms with Crippen LogP contribution in [-0.4, -0.2) is 25.9 Å². The van der Waals surface area contributed by atoms with Crippen LogP contribution in [0.4, 0.5) is 0 Å². The van der Waals surface area contributed by atoms with E-state index < -0.39 is 0 Å². The van der Waals surface area contributed by atoms with Gasteiger partial charge in [0.2, 0.25) is 0 Å². The Morgan fingerprint density at radius 1 is 1.50 bits per heavy atom. The Bertz CT molecular complexity index is 436. The predicted molar refractivity (Wildman–Crippen MR) is 76.1 cm³/mol. The summed E-state index contributed by atoms with van der Waals surface area (Å²) in [5.74, 6) is 1.03. The van der Waals surface area contributed by atoms with E-state index in [0.29, 0.717) is 6.61 Å². The van der Waals surface area contributed by atoms with Gasteiger partial charge in [0.25, 0.3) is 0 Å². The van der Waals surface area contributed by atoms with Crippen molar-refractivity contribution in [1.29, 1.82) is 0 Å². The Kier molecular flexibility index (Phi) is 4.30. The first-order valence-corrected chi connectivity index (χ1v) is 7.09. The van der Waals surface area contributed by atoms with Gasteiger partial charge in [0.15, 0.2) is 0 Å². The fourth-order valence-electron chi connectivity index (χ4n) is 2.42. The van der Waals surface area contributed by atoms with Crippen LogP contribution in [0.2, 0.25) is 0 Å². The number of benzene rings is 1. The van der Waals surface area contributed by atoms with E-state index in [9.17, 15) is 0 Å². The molecule has 2 N–H and O–H groups in total. The minimum Gasteiger partial charge on any atom is -0.493 e. The number of hydrogen-bond acceptors (Lipinski definition) is 3. The number of rotatable bonds is 5. The Morgan fingerprint density at radius 3 is 2.94 bits per heavy atom. The minimum absolute atomic E-state index is 0.324. The molecule has 18 heavy (non-hydrogen) atoms. The average molecular weight is 314 g/mol. The van der Waals surface area contributed by atoms with Crippen LogP contribution in [0.3, 0.4) is 0 Å². The highest BCUT2D eigenvalue weighted by Crippen LogP contribution is 2.35. The lowest BCUT2D eigenvalue weighted by atomic mass is 9.89. The molecule has 1 aliphatic heterocycles. The highest BCUT2D eigenvalue weighted by atomic mass is 79.9. The van der Waals surface area contributed by atoms with E-state index in [4.69, 9.17) is 15.2 Å².